The minimum atomic E-state index is 0.390. The van der Waals surface area contributed by atoms with Gasteiger partial charge in [0.05, 0.1) is 6.26 Å². The number of hydrogen-bond acceptors (Lipinski definition) is 3. The summed E-state index contributed by atoms with van der Waals surface area (Å²) < 4.78 is 5.56. The van der Waals surface area contributed by atoms with Gasteiger partial charge in [0.25, 0.3) is 0 Å². The summed E-state index contributed by atoms with van der Waals surface area (Å²) in [5.41, 5.74) is 0.390. The lowest BCUT2D eigenvalue weighted by molar-refractivity contribution is 0.0262. The molecule has 0 bridgehead atoms. The Morgan fingerprint density at radius 2 is 2.19 bits per heavy atom. The first-order valence-electron chi connectivity index (χ1n) is 8.75. The molecule has 1 saturated heterocycles. The molecule has 3 nitrogen and oxygen atoms in total. The van der Waals surface area contributed by atoms with E-state index in [1.807, 2.05) is 6.07 Å². The topological polar surface area (TPSA) is 28.4 Å². The Morgan fingerprint density at radius 1 is 1.38 bits per heavy atom. The average molecular weight is 290 g/mol. The molecular formula is C18H30N2O. The molecular weight excluding hydrogens is 260 g/mol. The molecule has 0 amide bonds. The molecule has 3 heteroatoms. The Balaban J connectivity index is 1.69. The van der Waals surface area contributed by atoms with E-state index in [0.717, 1.165) is 18.7 Å². The van der Waals surface area contributed by atoms with E-state index in [-0.39, 0.29) is 0 Å². The highest BCUT2D eigenvalue weighted by Crippen LogP contribution is 2.33. The normalized spacial score (nSPS) is 27.8. The van der Waals surface area contributed by atoms with Crippen LogP contribution >= 0.6 is 0 Å². The van der Waals surface area contributed by atoms with Crippen LogP contribution in [0.3, 0.4) is 0 Å². The van der Waals surface area contributed by atoms with Crippen LogP contribution in [0.5, 0.6) is 0 Å². The minimum Gasteiger partial charge on any atom is -0.469 e. The first-order chi connectivity index (χ1) is 10.2. The molecule has 1 aliphatic carbocycles. The monoisotopic (exact) mass is 290 g/mol. The number of hydrogen-bond donors (Lipinski definition) is 1. The lowest BCUT2D eigenvalue weighted by Crippen LogP contribution is -2.66. The van der Waals surface area contributed by atoms with Gasteiger partial charge in [-0.25, -0.2) is 0 Å². The van der Waals surface area contributed by atoms with Crippen molar-refractivity contribution in [2.45, 2.75) is 76.4 Å². The fourth-order valence-electron chi connectivity index (χ4n) is 4.28. The third-order valence-electron chi connectivity index (χ3n) is 5.59. The zero-order valence-corrected chi connectivity index (χ0v) is 13.6. The molecule has 1 saturated carbocycles. The molecule has 2 atom stereocenters. The third kappa shape index (κ3) is 3.35. The molecule has 3 rings (SSSR count). The van der Waals surface area contributed by atoms with E-state index in [0.29, 0.717) is 17.6 Å². The smallest absolute Gasteiger partial charge is 0.105 e. The number of piperazine rings is 1. The van der Waals surface area contributed by atoms with E-state index in [4.69, 9.17) is 4.42 Å². The van der Waals surface area contributed by atoms with Gasteiger partial charge in [-0.15, -0.1) is 0 Å². The van der Waals surface area contributed by atoms with Crippen molar-refractivity contribution in [3.8, 4) is 0 Å². The zero-order valence-electron chi connectivity index (χ0n) is 13.6. The predicted octanol–water partition coefficient (Wildman–Crippen LogP) is 3.60. The van der Waals surface area contributed by atoms with Crippen molar-refractivity contribution >= 4 is 0 Å². The second-order valence-corrected chi connectivity index (χ2v) is 7.09. The standard InChI is InChI=1S/C18H30N2O/c1-3-16-13-19-18(9-5-4-6-10-18)14-20(16)15(2)12-17-8-7-11-21-17/h7-8,11,15-16,19H,3-6,9-10,12-14H2,1-2H3. The number of nitrogens with one attached hydrogen (secondary N) is 1. The van der Waals surface area contributed by atoms with Gasteiger partial charge in [-0.1, -0.05) is 26.2 Å². The van der Waals surface area contributed by atoms with Crippen molar-refractivity contribution < 1.29 is 4.42 Å². The van der Waals surface area contributed by atoms with Crippen molar-refractivity contribution in [1.29, 1.82) is 0 Å². The number of furan rings is 1. The Morgan fingerprint density at radius 3 is 2.86 bits per heavy atom. The van der Waals surface area contributed by atoms with Crippen molar-refractivity contribution in [3.05, 3.63) is 24.2 Å². The quantitative estimate of drug-likeness (QED) is 0.918. The Hall–Kier alpha value is -0.800. The fourth-order valence-corrected chi connectivity index (χ4v) is 4.28. The van der Waals surface area contributed by atoms with Gasteiger partial charge in [-0.3, -0.25) is 4.90 Å². The van der Waals surface area contributed by atoms with Gasteiger partial charge in [0.15, 0.2) is 0 Å². The average Bonchev–Trinajstić information content (AvgIpc) is 3.01. The first kappa shape index (κ1) is 15.1. The van der Waals surface area contributed by atoms with E-state index >= 15 is 0 Å². The molecule has 1 N–H and O–H groups in total. The van der Waals surface area contributed by atoms with Crippen LogP contribution in [0.25, 0.3) is 0 Å². The van der Waals surface area contributed by atoms with Crippen molar-refractivity contribution in [3.63, 3.8) is 0 Å². The van der Waals surface area contributed by atoms with Crippen molar-refractivity contribution in [2.24, 2.45) is 0 Å². The molecule has 1 aliphatic heterocycles. The van der Waals surface area contributed by atoms with Gasteiger partial charge < -0.3 is 9.73 Å². The summed E-state index contributed by atoms with van der Waals surface area (Å²) in [6.07, 6.45) is 11.0. The SMILES string of the molecule is CCC1CNC2(CCCCC2)CN1C(C)Cc1ccco1. The van der Waals surface area contributed by atoms with Crippen molar-refractivity contribution in [2.75, 3.05) is 13.1 Å². The molecule has 118 valence electrons. The number of nitrogens with zero attached hydrogens (tertiary/aromatic N) is 1. The van der Waals surface area contributed by atoms with E-state index in [9.17, 15) is 0 Å². The summed E-state index contributed by atoms with van der Waals surface area (Å²) in [7, 11) is 0. The third-order valence-corrected chi connectivity index (χ3v) is 5.59. The Labute approximate surface area is 129 Å². The van der Waals surface area contributed by atoms with Gasteiger partial charge in [0, 0.05) is 37.1 Å². The zero-order chi connectivity index (χ0) is 14.7. The maximum absolute atomic E-state index is 5.56. The van der Waals surface area contributed by atoms with E-state index in [1.54, 1.807) is 6.26 Å². The maximum Gasteiger partial charge on any atom is 0.105 e. The van der Waals surface area contributed by atoms with Gasteiger partial charge in [-0.05, 0) is 38.3 Å². The Kier molecular flexibility index (Phi) is 4.70. The first-order valence-corrected chi connectivity index (χ1v) is 8.75. The lowest BCUT2D eigenvalue weighted by atomic mass is 9.78. The summed E-state index contributed by atoms with van der Waals surface area (Å²) >= 11 is 0. The molecule has 1 aromatic rings. The maximum atomic E-state index is 5.56. The van der Waals surface area contributed by atoms with Crippen LogP contribution < -0.4 is 5.32 Å². The predicted molar refractivity (Wildman–Crippen MR) is 86.5 cm³/mol. The highest BCUT2D eigenvalue weighted by molar-refractivity contribution is 5.04. The molecule has 2 aliphatic rings. The summed E-state index contributed by atoms with van der Waals surface area (Å²) in [6, 6.07) is 5.33. The number of rotatable bonds is 4. The van der Waals surface area contributed by atoms with Gasteiger partial charge in [0.2, 0.25) is 0 Å². The largest absolute Gasteiger partial charge is 0.469 e. The summed E-state index contributed by atoms with van der Waals surface area (Å²) in [6.45, 7) is 7.05. The highest BCUT2D eigenvalue weighted by Gasteiger charge is 2.40. The molecule has 21 heavy (non-hydrogen) atoms. The molecule has 0 aromatic carbocycles. The summed E-state index contributed by atoms with van der Waals surface area (Å²) in [5.74, 6) is 1.12. The summed E-state index contributed by atoms with van der Waals surface area (Å²) in [5, 5.41) is 3.91. The molecule has 2 heterocycles. The van der Waals surface area contributed by atoms with Crippen molar-refractivity contribution in [1.82, 2.24) is 10.2 Å². The van der Waals surface area contributed by atoms with Crippen LogP contribution in [0.2, 0.25) is 0 Å². The van der Waals surface area contributed by atoms with Crippen LogP contribution in [-0.2, 0) is 6.42 Å². The molecule has 2 unspecified atom stereocenters. The summed E-state index contributed by atoms with van der Waals surface area (Å²) in [4.78, 5) is 2.75. The van der Waals surface area contributed by atoms with Crippen LogP contribution in [0.1, 0.15) is 58.1 Å². The van der Waals surface area contributed by atoms with Gasteiger partial charge in [-0.2, -0.15) is 0 Å². The highest BCUT2D eigenvalue weighted by atomic mass is 16.3. The molecule has 2 fully saturated rings. The van der Waals surface area contributed by atoms with Crippen LogP contribution in [0.15, 0.2) is 22.8 Å². The van der Waals surface area contributed by atoms with Crippen LogP contribution in [0, 0.1) is 0 Å². The molecule has 0 radical (unpaired) electrons. The van der Waals surface area contributed by atoms with Crippen LogP contribution in [0.4, 0.5) is 0 Å². The lowest BCUT2D eigenvalue weighted by Gasteiger charge is -2.51. The van der Waals surface area contributed by atoms with Gasteiger partial charge >= 0.3 is 0 Å². The van der Waals surface area contributed by atoms with E-state index in [2.05, 4.69) is 30.1 Å². The van der Waals surface area contributed by atoms with Gasteiger partial charge in [0.1, 0.15) is 5.76 Å². The molecule has 1 aromatic heterocycles. The second-order valence-electron chi connectivity index (χ2n) is 7.09. The fraction of sp³-hybridized carbons (Fsp3) is 0.778. The van der Waals surface area contributed by atoms with E-state index < -0.39 is 0 Å². The Bertz CT molecular complexity index is 422. The van der Waals surface area contributed by atoms with Crippen LogP contribution in [-0.4, -0.2) is 35.6 Å². The second kappa shape index (κ2) is 6.53. The molecule has 1 spiro atoms. The van der Waals surface area contributed by atoms with E-state index in [1.165, 1.54) is 45.1 Å². The minimum absolute atomic E-state index is 0.390.